The van der Waals surface area contributed by atoms with Crippen LogP contribution < -0.4 is 13.8 Å². The van der Waals surface area contributed by atoms with Crippen molar-refractivity contribution in [1.82, 2.24) is 4.90 Å². The van der Waals surface area contributed by atoms with E-state index < -0.39 is 39.9 Å². The fourth-order valence-electron chi connectivity index (χ4n) is 4.98. The summed E-state index contributed by atoms with van der Waals surface area (Å²) in [6.45, 7) is 1.57. The maximum absolute atomic E-state index is 13.7. The third kappa shape index (κ3) is 7.55. The van der Waals surface area contributed by atoms with Gasteiger partial charge in [-0.05, 0) is 43.0 Å². The van der Waals surface area contributed by atoms with Crippen LogP contribution in [0.15, 0.2) is 54.6 Å². The number of carbonyl (C=O) groups is 2. The minimum atomic E-state index is -5.60. The molecular weight excluding hydrogens is 577 g/mol. The van der Waals surface area contributed by atoms with E-state index in [1.807, 2.05) is 0 Å². The van der Waals surface area contributed by atoms with Crippen LogP contribution >= 0.6 is 0 Å². The van der Waals surface area contributed by atoms with Crippen LogP contribution in [-0.4, -0.2) is 65.1 Å². The molecule has 230 valence electrons. The van der Waals surface area contributed by atoms with Crippen molar-refractivity contribution in [2.24, 2.45) is 5.92 Å². The SMILES string of the molecule is C/C=C\C(CC(=O)OC)CC(=O)N(CCC1CN(S(=O)(=O)C(F)(F)F)c2ccccc21)Cc1ccc(OC)cc1OC. The van der Waals surface area contributed by atoms with E-state index in [2.05, 4.69) is 0 Å². The van der Waals surface area contributed by atoms with Gasteiger partial charge in [0.1, 0.15) is 11.5 Å². The molecule has 0 aromatic heterocycles. The summed E-state index contributed by atoms with van der Waals surface area (Å²) in [7, 11) is -1.35. The van der Waals surface area contributed by atoms with Gasteiger partial charge in [-0.15, -0.1) is 0 Å². The van der Waals surface area contributed by atoms with Crippen LogP contribution in [0.25, 0.3) is 0 Å². The van der Waals surface area contributed by atoms with E-state index in [9.17, 15) is 31.2 Å². The number of benzene rings is 2. The second-order valence-electron chi connectivity index (χ2n) is 9.79. The lowest BCUT2D eigenvalue weighted by molar-refractivity contribution is -0.141. The van der Waals surface area contributed by atoms with Gasteiger partial charge in [0, 0.05) is 43.6 Å². The van der Waals surface area contributed by atoms with Gasteiger partial charge < -0.3 is 19.1 Å². The highest BCUT2D eigenvalue weighted by Crippen LogP contribution is 2.43. The fourth-order valence-corrected chi connectivity index (χ4v) is 6.03. The molecule has 0 spiro atoms. The van der Waals surface area contributed by atoms with Crippen molar-refractivity contribution in [3.8, 4) is 11.5 Å². The Morgan fingerprint density at radius 3 is 2.43 bits per heavy atom. The maximum atomic E-state index is 13.7. The molecule has 2 atom stereocenters. The summed E-state index contributed by atoms with van der Waals surface area (Å²) in [5, 5.41) is 0. The zero-order valence-electron chi connectivity index (χ0n) is 23.9. The van der Waals surface area contributed by atoms with Crippen LogP contribution in [0.4, 0.5) is 18.9 Å². The Kier molecular flexibility index (Phi) is 10.9. The molecule has 0 fully saturated rings. The molecule has 2 unspecified atom stereocenters. The third-order valence-electron chi connectivity index (χ3n) is 7.13. The Morgan fingerprint density at radius 2 is 1.81 bits per heavy atom. The lowest BCUT2D eigenvalue weighted by atomic mass is 9.96. The van der Waals surface area contributed by atoms with Gasteiger partial charge >= 0.3 is 21.5 Å². The molecule has 2 aromatic carbocycles. The number of sulfonamides is 1. The van der Waals surface area contributed by atoms with Gasteiger partial charge in [-0.25, -0.2) is 0 Å². The fraction of sp³-hybridized carbons (Fsp3) is 0.448. The average Bonchev–Trinajstić information content (AvgIpc) is 3.34. The van der Waals surface area contributed by atoms with Crippen LogP contribution in [0, 0.1) is 5.92 Å². The monoisotopic (exact) mass is 612 g/mol. The van der Waals surface area contributed by atoms with Crippen molar-refractivity contribution in [3.05, 3.63) is 65.7 Å². The molecule has 0 radical (unpaired) electrons. The Bertz CT molecular complexity index is 1400. The molecule has 1 heterocycles. The van der Waals surface area contributed by atoms with Crippen molar-refractivity contribution in [2.45, 2.75) is 44.2 Å². The highest BCUT2D eigenvalue weighted by molar-refractivity contribution is 7.93. The predicted octanol–water partition coefficient (Wildman–Crippen LogP) is 5.02. The maximum Gasteiger partial charge on any atom is 0.516 e. The number of fused-ring (bicyclic) bond motifs is 1. The van der Waals surface area contributed by atoms with E-state index in [0.29, 0.717) is 26.9 Å². The Labute approximate surface area is 243 Å². The number of rotatable bonds is 13. The molecular formula is C29H35F3N2O7S. The van der Waals surface area contributed by atoms with E-state index in [1.54, 1.807) is 54.3 Å². The minimum absolute atomic E-state index is 0.00740. The molecule has 0 saturated heterocycles. The van der Waals surface area contributed by atoms with Gasteiger partial charge in [-0.1, -0.05) is 30.4 Å². The van der Waals surface area contributed by atoms with Crippen LogP contribution in [0.3, 0.4) is 0 Å². The van der Waals surface area contributed by atoms with Gasteiger partial charge in [0.25, 0.3) is 0 Å². The number of hydrogen-bond donors (Lipinski definition) is 0. The van der Waals surface area contributed by atoms with Gasteiger partial charge in [0.15, 0.2) is 0 Å². The van der Waals surface area contributed by atoms with Gasteiger partial charge in [-0.3, -0.25) is 13.9 Å². The zero-order valence-corrected chi connectivity index (χ0v) is 24.7. The lowest BCUT2D eigenvalue weighted by Crippen LogP contribution is -2.40. The van der Waals surface area contributed by atoms with Crippen molar-refractivity contribution in [1.29, 1.82) is 0 Å². The molecule has 42 heavy (non-hydrogen) atoms. The lowest BCUT2D eigenvalue weighted by Gasteiger charge is -2.27. The topological polar surface area (TPSA) is 102 Å². The summed E-state index contributed by atoms with van der Waals surface area (Å²) < 4.78 is 80.9. The number of esters is 1. The van der Waals surface area contributed by atoms with Gasteiger partial charge in [-0.2, -0.15) is 21.6 Å². The number of hydrogen-bond acceptors (Lipinski definition) is 7. The van der Waals surface area contributed by atoms with E-state index >= 15 is 0 Å². The van der Waals surface area contributed by atoms with Crippen molar-refractivity contribution in [2.75, 3.05) is 38.7 Å². The van der Waals surface area contributed by atoms with E-state index in [0.717, 1.165) is 0 Å². The first-order valence-electron chi connectivity index (χ1n) is 13.2. The smallest absolute Gasteiger partial charge is 0.497 e. The summed E-state index contributed by atoms with van der Waals surface area (Å²) in [6, 6.07) is 11.2. The van der Waals surface area contributed by atoms with Gasteiger partial charge in [0.2, 0.25) is 5.91 Å². The Hall–Kier alpha value is -3.74. The molecule has 0 saturated carbocycles. The molecule has 0 aliphatic carbocycles. The summed E-state index contributed by atoms with van der Waals surface area (Å²) in [5.74, 6) is -0.773. The predicted molar refractivity (Wildman–Crippen MR) is 151 cm³/mol. The van der Waals surface area contributed by atoms with E-state index in [-0.39, 0.29) is 43.9 Å². The van der Waals surface area contributed by atoms with Crippen LogP contribution in [-0.2, 0) is 30.9 Å². The number of methoxy groups -OCH3 is 3. The molecule has 1 aliphatic heterocycles. The second-order valence-corrected chi connectivity index (χ2v) is 11.6. The van der Waals surface area contributed by atoms with Crippen LogP contribution in [0.1, 0.15) is 43.2 Å². The van der Waals surface area contributed by atoms with E-state index in [4.69, 9.17) is 14.2 Å². The first-order valence-corrected chi connectivity index (χ1v) is 14.7. The third-order valence-corrected chi connectivity index (χ3v) is 8.64. The van der Waals surface area contributed by atoms with Crippen molar-refractivity contribution < 1.29 is 45.4 Å². The molecule has 1 aliphatic rings. The molecule has 2 aromatic rings. The van der Waals surface area contributed by atoms with Gasteiger partial charge in [0.05, 0.1) is 33.4 Å². The first-order chi connectivity index (χ1) is 19.9. The summed E-state index contributed by atoms with van der Waals surface area (Å²) in [6.07, 6.45) is 3.65. The molecule has 0 bridgehead atoms. The molecule has 9 nitrogen and oxygen atoms in total. The standard InChI is InChI=1S/C29H35F3N2O7S/c1-5-8-20(16-28(36)41-4)15-27(35)33(18-22-11-12-23(39-2)17-26(22)40-3)14-13-21-19-34(42(37,38)29(30,31)32)25-10-7-6-9-24(21)25/h5-12,17,20-21H,13-16,18-19H2,1-4H3/b8-5-. The molecule has 3 rings (SSSR count). The number of ether oxygens (including phenoxy) is 3. The van der Waals surface area contributed by atoms with Crippen molar-refractivity contribution >= 4 is 27.6 Å². The van der Waals surface area contributed by atoms with E-state index in [1.165, 1.54) is 33.5 Å². The number of halogens is 3. The number of allylic oxidation sites excluding steroid dienone is 2. The highest BCUT2D eigenvalue weighted by Gasteiger charge is 2.52. The Morgan fingerprint density at radius 1 is 1.10 bits per heavy atom. The summed E-state index contributed by atoms with van der Waals surface area (Å²) in [4.78, 5) is 27.1. The molecule has 13 heteroatoms. The number of para-hydroxylation sites is 1. The number of carbonyl (C=O) groups excluding carboxylic acids is 2. The largest absolute Gasteiger partial charge is 0.516 e. The number of nitrogens with zero attached hydrogens (tertiary/aromatic N) is 2. The highest BCUT2D eigenvalue weighted by atomic mass is 32.2. The van der Waals surface area contributed by atoms with Crippen LogP contribution in [0.5, 0.6) is 11.5 Å². The molecule has 0 N–H and O–H groups in total. The van der Waals surface area contributed by atoms with Crippen molar-refractivity contribution in [3.63, 3.8) is 0 Å². The number of alkyl halides is 3. The minimum Gasteiger partial charge on any atom is -0.497 e. The molecule has 1 amide bonds. The quantitative estimate of drug-likeness (QED) is 0.231. The number of amides is 1. The zero-order chi connectivity index (χ0) is 31.1. The van der Waals surface area contributed by atoms with Crippen LogP contribution in [0.2, 0.25) is 0 Å². The first kappa shape index (κ1) is 32.8. The Balaban J connectivity index is 1.90. The summed E-state index contributed by atoms with van der Waals surface area (Å²) in [5.41, 5.74) is -4.36. The average molecular weight is 613 g/mol. The summed E-state index contributed by atoms with van der Waals surface area (Å²) >= 11 is 0. The number of anilines is 1. The normalized spacial score (nSPS) is 15.8. The second kappa shape index (κ2) is 14.0.